The molecule has 6 heteroatoms. The number of benzene rings is 1. The van der Waals surface area contributed by atoms with Gasteiger partial charge in [0.2, 0.25) is 11.8 Å². The van der Waals surface area contributed by atoms with E-state index in [0.717, 1.165) is 17.0 Å². The first-order chi connectivity index (χ1) is 10.6. The summed E-state index contributed by atoms with van der Waals surface area (Å²) < 4.78 is -1.14. The molecule has 1 aliphatic rings. The van der Waals surface area contributed by atoms with E-state index in [1.54, 1.807) is 18.3 Å². The number of thioether (sulfide) groups is 1. The van der Waals surface area contributed by atoms with Gasteiger partial charge in [0, 0.05) is 16.3 Å². The second-order valence-electron chi connectivity index (χ2n) is 5.17. The lowest BCUT2D eigenvalue weighted by Gasteiger charge is -2.31. The zero-order chi connectivity index (χ0) is 15.6. The second-order valence-corrected chi connectivity index (χ2v) is 7.66. The lowest BCUT2D eigenvalue weighted by molar-refractivity contribution is -0.129. The molecule has 1 unspecified atom stereocenters. The minimum absolute atomic E-state index is 0.249. The topological polar surface area (TPSA) is 58.2 Å². The molecule has 2 heterocycles. The van der Waals surface area contributed by atoms with Gasteiger partial charge in [0.1, 0.15) is 0 Å². The van der Waals surface area contributed by atoms with Gasteiger partial charge in [0.05, 0.1) is 5.69 Å². The van der Waals surface area contributed by atoms with Crippen LogP contribution < -0.4 is 10.6 Å². The number of nitrogens with one attached hydrogen (secondary N) is 2. The number of rotatable bonds is 4. The van der Waals surface area contributed by atoms with Gasteiger partial charge >= 0.3 is 0 Å². The maximum Gasteiger partial charge on any atom is 0.250 e. The first-order valence-electron chi connectivity index (χ1n) is 7.00. The van der Waals surface area contributed by atoms with Gasteiger partial charge in [-0.15, -0.1) is 11.3 Å². The minimum Gasteiger partial charge on any atom is -0.354 e. The molecule has 1 aromatic carbocycles. The molecule has 2 N–H and O–H groups in total. The summed E-state index contributed by atoms with van der Waals surface area (Å²) in [5.74, 6) is -0.522. The lowest BCUT2D eigenvalue weighted by Crippen LogP contribution is -2.52. The Morgan fingerprint density at radius 1 is 1.27 bits per heavy atom. The van der Waals surface area contributed by atoms with E-state index in [4.69, 9.17) is 0 Å². The third-order valence-electron chi connectivity index (χ3n) is 3.55. The molecule has 1 atom stereocenters. The summed E-state index contributed by atoms with van der Waals surface area (Å²) >= 11 is 2.97. The molecule has 0 saturated heterocycles. The normalized spacial score (nSPS) is 20.1. The van der Waals surface area contributed by atoms with Crippen molar-refractivity contribution in [1.29, 1.82) is 0 Å². The maximum atomic E-state index is 12.5. The first kappa shape index (κ1) is 15.1. The summed E-state index contributed by atoms with van der Waals surface area (Å²) in [5, 5.41) is 7.71. The summed E-state index contributed by atoms with van der Waals surface area (Å²) in [4.78, 5) is 26.9. The largest absolute Gasteiger partial charge is 0.354 e. The fourth-order valence-electron chi connectivity index (χ4n) is 2.24. The number of fused-ring (bicyclic) bond motifs is 1. The smallest absolute Gasteiger partial charge is 0.250 e. The average Bonchev–Trinajstić information content (AvgIpc) is 3.01. The Labute approximate surface area is 137 Å². The van der Waals surface area contributed by atoms with Crippen LogP contribution in [0.3, 0.4) is 0 Å². The summed E-state index contributed by atoms with van der Waals surface area (Å²) in [7, 11) is 0. The summed E-state index contributed by atoms with van der Waals surface area (Å²) in [5.41, 5.74) is 0.765. The van der Waals surface area contributed by atoms with E-state index < -0.39 is 4.75 Å². The van der Waals surface area contributed by atoms with Crippen LogP contribution in [0.5, 0.6) is 0 Å². The highest BCUT2D eigenvalue weighted by Gasteiger charge is 2.45. The molecule has 114 valence electrons. The van der Waals surface area contributed by atoms with Gasteiger partial charge in [-0.3, -0.25) is 9.59 Å². The van der Waals surface area contributed by atoms with Gasteiger partial charge in [0.15, 0.2) is 4.75 Å². The van der Waals surface area contributed by atoms with Crippen LogP contribution in [-0.4, -0.2) is 23.1 Å². The van der Waals surface area contributed by atoms with E-state index in [1.807, 2.05) is 41.8 Å². The summed E-state index contributed by atoms with van der Waals surface area (Å²) in [6.07, 6.45) is 0.780. The van der Waals surface area contributed by atoms with E-state index in [-0.39, 0.29) is 11.8 Å². The van der Waals surface area contributed by atoms with Gasteiger partial charge in [-0.1, -0.05) is 30.0 Å². The van der Waals surface area contributed by atoms with Crippen molar-refractivity contribution < 1.29 is 9.59 Å². The fourth-order valence-corrected chi connectivity index (χ4v) is 4.07. The van der Waals surface area contributed by atoms with Crippen molar-refractivity contribution in [3.05, 3.63) is 46.7 Å². The van der Waals surface area contributed by atoms with E-state index >= 15 is 0 Å². The zero-order valence-corrected chi connectivity index (χ0v) is 13.7. The number of para-hydroxylation sites is 1. The van der Waals surface area contributed by atoms with Crippen molar-refractivity contribution in [2.24, 2.45) is 0 Å². The van der Waals surface area contributed by atoms with E-state index in [2.05, 4.69) is 10.6 Å². The molecule has 2 aromatic rings. The number of carbonyl (C=O) groups is 2. The molecule has 0 fully saturated rings. The Morgan fingerprint density at radius 3 is 2.86 bits per heavy atom. The molecule has 3 rings (SSSR count). The van der Waals surface area contributed by atoms with Crippen LogP contribution in [-0.2, 0) is 16.0 Å². The van der Waals surface area contributed by atoms with Gasteiger partial charge in [0.25, 0.3) is 0 Å². The zero-order valence-electron chi connectivity index (χ0n) is 12.1. The Morgan fingerprint density at radius 2 is 2.09 bits per heavy atom. The lowest BCUT2D eigenvalue weighted by atomic mass is 10.1. The average molecular weight is 332 g/mol. The molecule has 0 radical (unpaired) electrons. The Hall–Kier alpha value is -1.79. The van der Waals surface area contributed by atoms with Crippen LogP contribution >= 0.6 is 23.1 Å². The van der Waals surface area contributed by atoms with Crippen molar-refractivity contribution in [3.8, 4) is 0 Å². The number of amides is 2. The van der Waals surface area contributed by atoms with Crippen LogP contribution in [0.4, 0.5) is 5.69 Å². The third kappa shape index (κ3) is 2.89. The highest BCUT2D eigenvalue weighted by Crippen LogP contribution is 2.42. The second kappa shape index (κ2) is 6.14. The van der Waals surface area contributed by atoms with E-state index in [1.165, 1.54) is 16.6 Å². The van der Waals surface area contributed by atoms with E-state index in [9.17, 15) is 9.59 Å². The number of carbonyl (C=O) groups excluding carboxylic acids is 2. The van der Waals surface area contributed by atoms with Crippen molar-refractivity contribution >= 4 is 40.6 Å². The Bertz CT molecular complexity index is 700. The molecule has 1 aromatic heterocycles. The van der Waals surface area contributed by atoms with Crippen molar-refractivity contribution in [3.63, 3.8) is 0 Å². The standard InChI is InChI=1S/C16H16N2O2S2/c1-16(14(19)17-9-8-11-5-4-10-21-11)15(20)18-12-6-2-3-7-13(12)22-16/h2-7,10H,8-9H2,1H3,(H,17,19)(H,18,20). The van der Waals surface area contributed by atoms with Crippen molar-refractivity contribution in [1.82, 2.24) is 5.32 Å². The van der Waals surface area contributed by atoms with Crippen LogP contribution in [0.15, 0.2) is 46.7 Å². The molecule has 0 bridgehead atoms. The minimum atomic E-state index is -1.14. The number of anilines is 1. The predicted molar refractivity (Wildman–Crippen MR) is 90.4 cm³/mol. The van der Waals surface area contributed by atoms with Crippen LogP contribution in [0.1, 0.15) is 11.8 Å². The Balaban J connectivity index is 1.67. The van der Waals surface area contributed by atoms with E-state index in [0.29, 0.717) is 6.54 Å². The molecule has 0 aliphatic carbocycles. The SMILES string of the molecule is CC1(C(=O)NCCc2cccs2)Sc2ccccc2NC1=O. The van der Waals surface area contributed by atoms with Gasteiger partial charge < -0.3 is 10.6 Å². The van der Waals surface area contributed by atoms with Crippen LogP contribution in [0.2, 0.25) is 0 Å². The fraction of sp³-hybridized carbons (Fsp3) is 0.250. The van der Waals surface area contributed by atoms with Crippen molar-refractivity contribution in [2.75, 3.05) is 11.9 Å². The Kier molecular flexibility index (Phi) is 4.22. The quantitative estimate of drug-likeness (QED) is 0.847. The maximum absolute atomic E-state index is 12.5. The van der Waals surface area contributed by atoms with Crippen LogP contribution in [0, 0.1) is 0 Å². The van der Waals surface area contributed by atoms with Gasteiger partial charge in [-0.25, -0.2) is 0 Å². The summed E-state index contributed by atoms with van der Waals surface area (Å²) in [6, 6.07) is 11.5. The third-order valence-corrected chi connectivity index (χ3v) is 5.84. The number of hydrogen-bond donors (Lipinski definition) is 2. The summed E-state index contributed by atoms with van der Waals surface area (Å²) in [6.45, 7) is 2.20. The van der Waals surface area contributed by atoms with Gasteiger partial charge in [-0.05, 0) is 36.9 Å². The van der Waals surface area contributed by atoms with Gasteiger partial charge in [-0.2, -0.15) is 0 Å². The van der Waals surface area contributed by atoms with Crippen molar-refractivity contribution in [2.45, 2.75) is 23.0 Å². The highest BCUT2D eigenvalue weighted by atomic mass is 32.2. The monoisotopic (exact) mass is 332 g/mol. The number of hydrogen-bond acceptors (Lipinski definition) is 4. The molecular formula is C16H16N2O2S2. The first-order valence-corrected chi connectivity index (χ1v) is 8.69. The molecule has 22 heavy (non-hydrogen) atoms. The molecular weight excluding hydrogens is 316 g/mol. The molecule has 4 nitrogen and oxygen atoms in total. The van der Waals surface area contributed by atoms with Crippen LogP contribution in [0.25, 0.3) is 0 Å². The molecule has 1 aliphatic heterocycles. The molecule has 0 spiro atoms. The predicted octanol–water partition coefficient (Wildman–Crippen LogP) is 2.91. The number of thiophene rings is 1. The molecule has 0 saturated carbocycles. The highest BCUT2D eigenvalue weighted by molar-refractivity contribution is 8.02. The molecule has 2 amide bonds.